The second-order valence-electron chi connectivity index (χ2n) is 8.92. The van der Waals surface area contributed by atoms with Gasteiger partial charge < -0.3 is 4.74 Å². The molecule has 1 heterocycles. The maximum Gasteiger partial charge on any atom is 0.160 e. The summed E-state index contributed by atoms with van der Waals surface area (Å²) >= 11 is 0. The van der Waals surface area contributed by atoms with Gasteiger partial charge in [0.2, 0.25) is 0 Å². The number of ketones is 1. The molecule has 1 aromatic carbocycles. The summed E-state index contributed by atoms with van der Waals surface area (Å²) in [5.41, 5.74) is 6.97. The highest BCUT2D eigenvalue weighted by Crippen LogP contribution is 2.54. The van der Waals surface area contributed by atoms with Crippen LogP contribution in [-0.2, 0) is 11.2 Å². The summed E-state index contributed by atoms with van der Waals surface area (Å²) < 4.78 is 5.69. The molecule has 3 aliphatic rings. The summed E-state index contributed by atoms with van der Waals surface area (Å²) in [5.74, 6) is 1.13. The number of benzene rings is 1. The average molecular weight is 377 g/mol. The zero-order chi connectivity index (χ0) is 19.3. The third-order valence-corrected chi connectivity index (χ3v) is 7.20. The Kier molecular flexibility index (Phi) is 4.18. The van der Waals surface area contributed by atoms with Gasteiger partial charge in [0.05, 0.1) is 12.8 Å². The standard InChI is InChI=1S/C24H28N2O2/c1-15-21-18(26-25-15)12-16-13-24(10-6-3-7-11-24)14-19(27)22(16)23(21)17-8-4-5-9-20(17)28-2/h4-5,8-9,23H,3,6-7,10-14H2,1-2H3,(H,25,26). The first kappa shape index (κ1) is 17.7. The normalized spacial score (nSPS) is 23.5. The van der Waals surface area contributed by atoms with E-state index in [1.54, 1.807) is 7.11 Å². The van der Waals surface area contributed by atoms with Crippen LogP contribution >= 0.6 is 0 Å². The Bertz CT molecular complexity index is 963. The predicted molar refractivity (Wildman–Crippen MR) is 109 cm³/mol. The molecule has 1 spiro atoms. The molecule has 4 heteroatoms. The monoisotopic (exact) mass is 376 g/mol. The van der Waals surface area contributed by atoms with Crippen LogP contribution in [0.2, 0.25) is 0 Å². The van der Waals surface area contributed by atoms with Crippen molar-refractivity contribution >= 4 is 5.78 Å². The molecule has 4 nitrogen and oxygen atoms in total. The quantitative estimate of drug-likeness (QED) is 0.800. The molecule has 1 aromatic heterocycles. The highest BCUT2D eigenvalue weighted by atomic mass is 16.5. The minimum atomic E-state index is -0.0675. The van der Waals surface area contributed by atoms with Crippen LogP contribution < -0.4 is 4.74 Å². The molecule has 146 valence electrons. The fraction of sp³-hybridized carbons (Fsp3) is 0.500. The van der Waals surface area contributed by atoms with Crippen molar-refractivity contribution in [2.45, 2.75) is 64.2 Å². The van der Waals surface area contributed by atoms with Gasteiger partial charge in [0, 0.05) is 41.2 Å². The fourth-order valence-electron chi connectivity index (χ4n) is 5.99. The number of methoxy groups -OCH3 is 1. The Labute approximate surface area is 166 Å². The second-order valence-corrected chi connectivity index (χ2v) is 8.92. The van der Waals surface area contributed by atoms with Crippen LogP contribution in [0.1, 0.15) is 73.4 Å². The average Bonchev–Trinajstić information content (AvgIpc) is 3.07. The summed E-state index contributed by atoms with van der Waals surface area (Å²) in [6.45, 7) is 2.07. The van der Waals surface area contributed by atoms with Crippen molar-refractivity contribution in [3.63, 3.8) is 0 Å². The summed E-state index contributed by atoms with van der Waals surface area (Å²) in [4.78, 5) is 13.6. The van der Waals surface area contributed by atoms with Crippen molar-refractivity contribution in [3.05, 3.63) is 57.9 Å². The topological polar surface area (TPSA) is 55.0 Å². The van der Waals surface area contributed by atoms with Gasteiger partial charge in [-0.05, 0) is 37.7 Å². The van der Waals surface area contributed by atoms with Crippen molar-refractivity contribution in [3.8, 4) is 5.75 Å². The van der Waals surface area contributed by atoms with E-state index in [1.807, 2.05) is 18.2 Å². The van der Waals surface area contributed by atoms with Crippen LogP contribution in [0.15, 0.2) is 35.4 Å². The summed E-state index contributed by atoms with van der Waals surface area (Å²) in [6, 6.07) is 8.13. The van der Waals surface area contributed by atoms with Crippen LogP contribution in [0.4, 0.5) is 0 Å². The molecule has 0 aliphatic heterocycles. The molecular weight excluding hydrogens is 348 g/mol. The number of H-pyrrole nitrogens is 1. The largest absolute Gasteiger partial charge is 0.496 e. The lowest BCUT2D eigenvalue weighted by atomic mass is 9.59. The molecule has 1 unspecified atom stereocenters. The first-order valence-electron chi connectivity index (χ1n) is 10.5. The number of nitrogens with one attached hydrogen (secondary N) is 1. The molecule has 1 atom stereocenters. The van der Waals surface area contributed by atoms with Gasteiger partial charge in [0.1, 0.15) is 5.75 Å². The number of aryl methyl sites for hydroxylation is 1. The van der Waals surface area contributed by atoms with Gasteiger partial charge in [-0.1, -0.05) is 43.0 Å². The van der Waals surface area contributed by atoms with Crippen LogP contribution in [0.25, 0.3) is 0 Å². The minimum Gasteiger partial charge on any atom is -0.496 e. The summed E-state index contributed by atoms with van der Waals surface area (Å²) in [5, 5.41) is 7.81. The Morgan fingerprint density at radius 1 is 1.14 bits per heavy atom. The van der Waals surface area contributed by atoms with E-state index in [4.69, 9.17) is 4.74 Å². The van der Waals surface area contributed by atoms with E-state index in [-0.39, 0.29) is 11.3 Å². The summed E-state index contributed by atoms with van der Waals surface area (Å²) in [7, 11) is 1.71. The number of Topliss-reactive ketones (excluding diaryl/α,β-unsaturated/α-hetero) is 1. The number of para-hydroxylation sites is 1. The van der Waals surface area contributed by atoms with Crippen molar-refractivity contribution in [2.24, 2.45) is 5.41 Å². The number of hydrogen-bond donors (Lipinski definition) is 1. The molecule has 2 aromatic rings. The number of carbonyl (C=O) groups excluding carboxylic acids is 1. The molecule has 5 rings (SSSR count). The van der Waals surface area contributed by atoms with Crippen molar-refractivity contribution in [1.29, 1.82) is 0 Å². The number of nitrogens with zero attached hydrogens (tertiary/aromatic N) is 1. The highest BCUT2D eigenvalue weighted by Gasteiger charge is 2.46. The van der Waals surface area contributed by atoms with Crippen molar-refractivity contribution in [2.75, 3.05) is 7.11 Å². The fourth-order valence-corrected chi connectivity index (χ4v) is 5.99. The smallest absolute Gasteiger partial charge is 0.160 e. The number of hydrogen-bond acceptors (Lipinski definition) is 3. The molecular formula is C24H28N2O2. The van der Waals surface area contributed by atoms with E-state index in [0.29, 0.717) is 12.2 Å². The maximum absolute atomic E-state index is 13.6. The maximum atomic E-state index is 13.6. The van der Waals surface area contributed by atoms with Crippen LogP contribution in [0.3, 0.4) is 0 Å². The third-order valence-electron chi connectivity index (χ3n) is 7.20. The molecule has 1 N–H and O–H groups in total. The van der Waals surface area contributed by atoms with Gasteiger partial charge in [-0.2, -0.15) is 5.10 Å². The number of allylic oxidation sites excluding steroid dienone is 2. The van der Waals surface area contributed by atoms with Gasteiger partial charge in [0.25, 0.3) is 0 Å². The Balaban J connectivity index is 1.68. The van der Waals surface area contributed by atoms with Crippen LogP contribution in [0.5, 0.6) is 5.75 Å². The van der Waals surface area contributed by atoms with Gasteiger partial charge in [-0.3, -0.25) is 9.89 Å². The minimum absolute atomic E-state index is 0.0675. The lowest BCUT2D eigenvalue weighted by molar-refractivity contribution is -0.119. The number of ether oxygens (including phenoxy) is 1. The number of carbonyl (C=O) groups is 1. The Morgan fingerprint density at radius 3 is 2.71 bits per heavy atom. The second kappa shape index (κ2) is 6.61. The van der Waals surface area contributed by atoms with Gasteiger partial charge in [-0.15, -0.1) is 0 Å². The molecule has 0 radical (unpaired) electrons. The van der Waals surface area contributed by atoms with Crippen LogP contribution in [0, 0.1) is 12.3 Å². The Hall–Kier alpha value is -2.36. The highest BCUT2D eigenvalue weighted by molar-refractivity contribution is 6.00. The van der Waals surface area contributed by atoms with E-state index < -0.39 is 0 Å². The number of rotatable bonds is 2. The Morgan fingerprint density at radius 2 is 1.93 bits per heavy atom. The molecule has 1 fully saturated rings. The first-order valence-corrected chi connectivity index (χ1v) is 10.5. The molecule has 0 saturated heterocycles. The lowest BCUT2D eigenvalue weighted by Crippen LogP contribution is -2.36. The van der Waals surface area contributed by atoms with Gasteiger partial charge in [0.15, 0.2) is 5.78 Å². The predicted octanol–water partition coefficient (Wildman–Crippen LogP) is 5.02. The first-order chi connectivity index (χ1) is 13.6. The van der Waals surface area contributed by atoms with E-state index in [2.05, 4.69) is 23.2 Å². The number of aromatic amines is 1. The lowest BCUT2D eigenvalue weighted by Gasteiger charge is -2.44. The zero-order valence-corrected chi connectivity index (χ0v) is 16.8. The molecule has 28 heavy (non-hydrogen) atoms. The zero-order valence-electron chi connectivity index (χ0n) is 16.8. The summed E-state index contributed by atoms with van der Waals surface area (Å²) in [6.07, 6.45) is 8.82. The van der Waals surface area contributed by atoms with E-state index in [0.717, 1.165) is 41.1 Å². The van der Waals surface area contributed by atoms with Crippen molar-refractivity contribution in [1.82, 2.24) is 10.2 Å². The van der Waals surface area contributed by atoms with Crippen LogP contribution in [-0.4, -0.2) is 23.1 Å². The molecule has 0 amide bonds. The van der Waals surface area contributed by atoms with Gasteiger partial charge in [-0.25, -0.2) is 0 Å². The van der Waals surface area contributed by atoms with E-state index in [1.165, 1.54) is 43.2 Å². The van der Waals surface area contributed by atoms with Crippen molar-refractivity contribution < 1.29 is 9.53 Å². The molecule has 3 aliphatic carbocycles. The SMILES string of the molecule is COc1ccccc1C1C2=C(Cc3n[nH]c(C)c31)CC1(CCCCC1)CC2=O. The molecule has 1 saturated carbocycles. The van der Waals surface area contributed by atoms with E-state index in [9.17, 15) is 4.79 Å². The number of fused-ring (bicyclic) bond motifs is 1. The van der Waals surface area contributed by atoms with E-state index >= 15 is 0 Å². The number of aromatic nitrogens is 2. The molecule has 0 bridgehead atoms. The van der Waals surface area contributed by atoms with Gasteiger partial charge >= 0.3 is 0 Å². The third kappa shape index (κ3) is 2.65.